The van der Waals surface area contributed by atoms with Gasteiger partial charge in [-0.25, -0.2) is 19.2 Å². The molecule has 7 aromatic rings. The van der Waals surface area contributed by atoms with Gasteiger partial charge < -0.3 is 37.6 Å². The maximum absolute atomic E-state index is 15.6. The predicted molar refractivity (Wildman–Crippen MR) is 305 cm³/mol. The first-order valence-corrected chi connectivity index (χ1v) is 28.8. The molecule has 0 aromatic heterocycles. The molecule has 7 rings (SSSR count). The maximum Gasteiger partial charge on any atom is 0.353 e. The monoisotopic (exact) mass is 1260 g/mol. The molecular formula is C58H54I2O12P2. The lowest BCUT2D eigenvalue weighted by molar-refractivity contribution is -0.151. The lowest BCUT2D eigenvalue weighted by Crippen LogP contribution is -2.42. The second kappa shape index (κ2) is 23.2. The van der Waals surface area contributed by atoms with Gasteiger partial charge in [0.2, 0.25) is 12.2 Å². The second-order valence-electron chi connectivity index (χ2n) is 19.1. The SMILES string of the molecule is COc1ccc(OC(=O)[C@H](OC(=O)c2ccccc2C(=O)O[C@@H](C(=O)Oc2ccc(OC)c(P(=O)(c3ccccc3)c3ccccc3)c2I)C(C)(C)C)C(C)(C)C)c(I)c1P(=O)(c1ccccc1)c1ccccc1. The number of hydrogen-bond donors (Lipinski definition) is 0. The van der Waals surface area contributed by atoms with Gasteiger partial charge in [-0.3, -0.25) is 0 Å². The summed E-state index contributed by atoms with van der Waals surface area (Å²) in [7, 11) is -4.36. The van der Waals surface area contributed by atoms with Crippen LogP contribution in [0.2, 0.25) is 0 Å². The number of carbonyl (C=O) groups excluding carboxylic acids is 4. The first-order chi connectivity index (χ1) is 35.2. The molecule has 0 aliphatic carbocycles. The van der Waals surface area contributed by atoms with Gasteiger partial charge in [0.15, 0.2) is 14.3 Å². The van der Waals surface area contributed by atoms with Crippen molar-refractivity contribution < 1.29 is 56.7 Å². The van der Waals surface area contributed by atoms with Gasteiger partial charge in [-0.1, -0.05) is 175 Å². The molecule has 0 radical (unpaired) electrons. The number of benzene rings is 7. The van der Waals surface area contributed by atoms with E-state index in [2.05, 4.69) is 0 Å². The predicted octanol–water partition coefficient (Wildman–Crippen LogP) is 10.5. The largest absolute Gasteiger partial charge is 0.496 e. The van der Waals surface area contributed by atoms with E-state index in [0.29, 0.717) is 50.5 Å². The average Bonchev–Trinajstić information content (AvgIpc) is 3.40. The van der Waals surface area contributed by atoms with Gasteiger partial charge in [-0.2, -0.15) is 0 Å². The molecule has 382 valence electrons. The molecule has 0 fully saturated rings. The Morgan fingerprint density at radius 2 is 0.662 bits per heavy atom. The molecule has 0 amide bonds. The lowest BCUT2D eigenvalue weighted by atomic mass is 9.88. The van der Waals surface area contributed by atoms with E-state index in [1.165, 1.54) is 50.6 Å². The van der Waals surface area contributed by atoms with Crippen molar-refractivity contribution in [2.45, 2.75) is 53.8 Å². The Morgan fingerprint density at radius 1 is 0.405 bits per heavy atom. The van der Waals surface area contributed by atoms with Crippen molar-refractivity contribution in [1.82, 2.24) is 0 Å². The van der Waals surface area contributed by atoms with E-state index in [9.17, 15) is 19.2 Å². The number of rotatable bonds is 16. The lowest BCUT2D eigenvalue weighted by Gasteiger charge is -2.30. The van der Waals surface area contributed by atoms with E-state index >= 15 is 9.13 Å². The number of hydrogen-bond acceptors (Lipinski definition) is 12. The Hall–Kier alpha value is -6.06. The van der Waals surface area contributed by atoms with Crippen molar-refractivity contribution in [3.63, 3.8) is 0 Å². The van der Waals surface area contributed by atoms with E-state index in [4.69, 9.17) is 28.4 Å². The summed E-state index contributed by atoms with van der Waals surface area (Å²) in [5.74, 6) is -3.25. The number of halogens is 2. The number of methoxy groups -OCH3 is 2. The summed E-state index contributed by atoms with van der Waals surface area (Å²) in [6, 6.07) is 47.8. The van der Waals surface area contributed by atoms with Crippen molar-refractivity contribution in [1.29, 1.82) is 0 Å². The molecule has 0 saturated carbocycles. The first-order valence-electron chi connectivity index (χ1n) is 23.3. The van der Waals surface area contributed by atoms with Crippen LogP contribution in [0.15, 0.2) is 170 Å². The molecule has 0 aliphatic rings. The van der Waals surface area contributed by atoms with Gasteiger partial charge in [-0.05, 0) is 81.6 Å². The Labute approximate surface area is 458 Å². The highest BCUT2D eigenvalue weighted by Crippen LogP contribution is 2.50. The molecular weight excluding hydrogens is 1200 g/mol. The van der Waals surface area contributed by atoms with Crippen LogP contribution in [0, 0.1) is 18.0 Å². The van der Waals surface area contributed by atoms with Gasteiger partial charge in [-0.15, -0.1) is 0 Å². The third kappa shape index (κ3) is 11.6. The third-order valence-corrected chi connectivity index (χ3v) is 21.1. The minimum Gasteiger partial charge on any atom is -0.496 e. The van der Waals surface area contributed by atoms with Gasteiger partial charge in [0.1, 0.15) is 23.0 Å². The fourth-order valence-electron chi connectivity index (χ4n) is 8.16. The van der Waals surface area contributed by atoms with Crippen LogP contribution in [0.1, 0.15) is 62.3 Å². The van der Waals surface area contributed by atoms with E-state index in [-0.39, 0.29) is 22.6 Å². The minimum atomic E-state index is -3.65. The molecule has 74 heavy (non-hydrogen) atoms. The van der Waals surface area contributed by atoms with E-state index in [1.54, 1.807) is 151 Å². The fraction of sp³-hybridized carbons (Fsp3) is 0.207. The molecule has 2 atom stereocenters. The normalized spacial score (nSPS) is 12.7. The van der Waals surface area contributed by atoms with Crippen LogP contribution >= 0.6 is 59.5 Å². The van der Waals surface area contributed by atoms with Crippen molar-refractivity contribution in [2.75, 3.05) is 14.2 Å². The smallest absolute Gasteiger partial charge is 0.353 e. The highest BCUT2D eigenvalue weighted by atomic mass is 127. The summed E-state index contributed by atoms with van der Waals surface area (Å²) in [6.45, 7) is 10.1. The number of esters is 4. The fourth-order valence-corrected chi connectivity index (χ4v) is 17.0. The first kappa shape index (κ1) is 55.7. The van der Waals surface area contributed by atoms with Crippen LogP contribution in [0.5, 0.6) is 23.0 Å². The molecule has 0 spiro atoms. The minimum absolute atomic E-state index is 0.0508. The van der Waals surface area contributed by atoms with E-state index < -0.39 is 61.2 Å². The van der Waals surface area contributed by atoms with E-state index in [1.807, 2.05) is 69.4 Å². The van der Waals surface area contributed by atoms with Crippen molar-refractivity contribution in [2.24, 2.45) is 10.8 Å². The van der Waals surface area contributed by atoms with Gasteiger partial charge in [0, 0.05) is 32.0 Å². The Bertz CT molecular complexity index is 2980. The van der Waals surface area contributed by atoms with Crippen molar-refractivity contribution in [3.05, 3.63) is 188 Å². The second-order valence-corrected chi connectivity index (χ2v) is 26.7. The average molecular weight is 1260 g/mol. The Kier molecular flexibility index (Phi) is 17.5. The molecule has 0 heterocycles. The topological polar surface area (TPSA) is 158 Å². The molecule has 7 aromatic carbocycles. The molecule has 0 bridgehead atoms. The molecule has 12 nitrogen and oxygen atoms in total. The highest BCUT2D eigenvalue weighted by molar-refractivity contribution is 14.1. The van der Waals surface area contributed by atoms with Crippen LogP contribution in [0.3, 0.4) is 0 Å². The highest BCUT2D eigenvalue weighted by Gasteiger charge is 2.43. The van der Waals surface area contributed by atoms with Crippen LogP contribution in [-0.4, -0.2) is 50.3 Å². The van der Waals surface area contributed by atoms with Gasteiger partial charge in [0.05, 0.1) is 43.1 Å². The van der Waals surface area contributed by atoms with E-state index in [0.717, 1.165) is 0 Å². The van der Waals surface area contributed by atoms with Crippen LogP contribution in [0.25, 0.3) is 0 Å². The standard InChI is InChI=1S/C58H54I2O12P2/c1-57(2,3)51(55(63)69-43-33-35-45(67-7)49(47(43)59)73(65,37-23-13-9-14-24-37)38-25-15-10-16-26-38)71-53(61)41-31-21-22-32-42(41)54(62)72-52(58(4,5)6)56(64)70-44-34-36-46(68-8)50(48(44)60)74(66,39-27-17-11-18-28-39)40-29-19-12-20-30-40/h9-36,51-52H,1-8H3/t51-,52-/m0/s1. The van der Waals surface area contributed by atoms with Crippen molar-refractivity contribution >= 4 is 115 Å². The molecule has 16 heteroatoms. The molecule has 0 aliphatic heterocycles. The zero-order chi connectivity index (χ0) is 53.6. The molecule has 0 saturated heterocycles. The third-order valence-electron chi connectivity index (χ3n) is 11.9. The molecule has 0 unspecified atom stereocenters. The molecule has 0 N–H and O–H groups in total. The van der Waals surface area contributed by atoms with Crippen LogP contribution < -0.4 is 50.8 Å². The number of carbonyl (C=O) groups is 4. The van der Waals surface area contributed by atoms with Gasteiger partial charge in [0.25, 0.3) is 0 Å². The maximum atomic E-state index is 15.6. The summed E-state index contributed by atoms with van der Waals surface area (Å²) in [4.78, 5) is 57.3. The summed E-state index contributed by atoms with van der Waals surface area (Å²) < 4.78 is 67.4. The zero-order valence-corrected chi connectivity index (χ0v) is 48.0. The van der Waals surface area contributed by atoms with Crippen molar-refractivity contribution in [3.8, 4) is 23.0 Å². The number of ether oxygens (including phenoxy) is 6. The van der Waals surface area contributed by atoms with Crippen LogP contribution in [-0.2, 0) is 28.2 Å². The van der Waals surface area contributed by atoms with Gasteiger partial charge >= 0.3 is 23.9 Å². The summed E-state index contributed by atoms with van der Waals surface area (Å²) >= 11 is 3.99. The summed E-state index contributed by atoms with van der Waals surface area (Å²) in [6.07, 6.45) is -3.08. The summed E-state index contributed by atoms with van der Waals surface area (Å²) in [5.41, 5.74) is -2.61. The quantitative estimate of drug-likeness (QED) is 0.0391. The summed E-state index contributed by atoms with van der Waals surface area (Å²) in [5, 5.41) is 2.77. The Balaban J connectivity index is 1.16. The zero-order valence-electron chi connectivity index (χ0n) is 41.9. The Morgan fingerprint density at radius 3 is 0.919 bits per heavy atom. The van der Waals surface area contributed by atoms with Crippen LogP contribution in [0.4, 0.5) is 0 Å².